The van der Waals surface area contributed by atoms with Gasteiger partial charge in [-0.1, -0.05) is 36.8 Å². The molecule has 0 amide bonds. The minimum atomic E-state index is 0.799. The maximum atomic E-state index is 3.53. The molecule has 0 aliphatic carbocycles. The van der Waals surface area contributed by atoms with Gasteiger partial charge in [-0.05, 0) is 51.4 Å². The molecule has 1 heterocycles. The molecule has 1 saturated heterocycles. The molecule has 0 bridgehead atoms. The smallest absolute Gasteiger partial charge is 0.0205 e. The summed E-state index contributed by atoms with van der Waals surface area (Å²) in [5.41, 5.74) is 1.38. The van der Waals surface area contributed by atoms with Crippen LogP contribution in [0.4, 0.5) is 0 Å². The Hall–Kier alpha value is -0.860. The van der Waals surface area contributed by atoms with E-state index in [-0.39, 0.29) is 0 Å². The van der Waals surface area contributed by atoms with Crippen molar-refractivity contribution in [3.8, 4) is 0 Å². The van der Waals surface area contributed by atoms with Crippen LogP contribution in [0.5, 0.6) is 0 Å². The number of rotatable bonds is 6. The zero-order chi connectivity index (χ0) is 12.6. The van der Waals surface area contributed by atoms with Crippen molar-refractivity contribution in [1.82, 2.24) is 10.2 Å². The summed E-state index contributed by atoms with van der Waals surface area (Å²) in [6, 6.07) is 11.4. The molecule has 0 aromatic heterocycles. The molecule has 100 valence electrons. The Morgan fingerprint density at radius 1 is 1.22 bits per heavy atom. The number of nitrogens with one attached hydrogen (secondary N) is 1. The monoisotopic (exact) mass is 246 g/mol. The number of hydrogen-bond donors (Lipinski definition) is 1. The first kappa shape index (κ1) is 13.6. The third-order valence-electron chi connectivity index (χ3n) is 3.91. The van der Waals surface area contributed by atoms with Crippen molar-refractivity contribution in [2.24, 2.45) is 0 Å². The van der Waals surface area contributed by atoms with Crippen LogP contribution in [0.3, 0.4) is 0 Å². The standard InChI is InChI=1S/C16H26N2/c1-15-8-5-6-12-18(15)13-7-11-17-14-16-9-3-2-4-10-16/h2-4,9-10,15,17H,5-8,11-14H2,1H3. The van der Waals surface area contributed by atoms with Crippen LogP contribution in [0.15, 0.2) is 30.3 Å². The maximum absolute atomic E-state index is 3.53. The van der Waals surface area contributed by atoms with Gasteiger partial charge >= 0.3 is 0 Å². The van der Waals surface area contributed by atoms with Crippen LogP contribution in [0.2, 0.25) is 0 Å². The Morgan fingerprint density at radius 3 is 2.83 bits per heavy atom. The topological polar surface area (TPSA) is 15.3 Å². The SMILES string of the molecule is CC1CCCCN1CCCNCc1ccccc1. The fourth-order valence-corrected chi connectivity index (χ4v) is 2.73. The number of benzene rings is 1. The summed E-state index contributed by atoms with van der Waals surface area (Å²) in [4.78, 5) is 2.65. The van der Waals surface area contributed by atoms with Crippen LogP contribution >= 0.6 is 0 Å². The molecule has 1 atom stereocenters. The molecule has 0 spiro atoms. The maximum Gasteiger partial charge on any atom is 0.0205 e. The molecule has 2 nitrogen and oxygen atoms in total. The molecule has 0 radical (unpaired) electrons. The van der Waals surface area contributed by atoms with Crippen LogP contribution < -0.4 is 5.32 Å². The average molecular weight is 246 g/mol. The van der Waals surface area contributed by atoms with Gasteiger partial charge < -0.3 is 10.2 Å². The lowest BCUT2D eigenvalue weighted by atomic mass is 10.0. The minimum absolute atomic E-state index is 0.799. The molecule has 1 fully saturated rings. The minimum Gasteiger partial charge on any atom is -0.313 e. The van der Waals surface area contributed by atoms with Gasteiger partial charge in [0.05, 0.1) is 0 Å². The summed E-state index contributed by atoms with van der Waals surface area (Å²) >= 11 is 0. The second kappa shape index (κ2) is 7.55. The van der Waals surface area contributed by atoms with Gasteiger partial charge in [-0.25, -0.2) is 0 Å². The molecule has 0 saturated carbocycles. The predicted octanol–water partition coefficient (Wildman–Crippen LogP) is 3.04. The number of hydrogen-bond acceptors (Lipinski definition) is 2. The lowest BCUT2D eigenvalue weighted by Crippen LogP contribution is -2.38. The molecule has 1 unspecified atom stereocenters. The van der Waals surface area contributed by atoms with Crippen molar-refractivity contribution in [1.29, 1.82) is 0 Å². The molecule has 1 aromatic carbocycles. The second-order valence-electron chi connectivity index (χ2n) is 5.40. The molecular weight excluding hydrogens is 220 g/mol. The van der Waals surface area contributed by atoms with Gasteiger partial charge in [0.25, 0.3) is 0 Å². The van der Waals surface area contributed by atoms with E-state index in [1.165, 1.54) is 44.3 Å². The highest BCUT2D eigenvalue weighted by Gasteiger charge is 2.16. The van der Waals surface area contributed by atoms with Crippen LogP contribution in [0.25, 0.3) is 0 Å². The summed E-state index contributed by atoms with van der Waals surface area (Å²) in [6.07, 6.45) is 5.46. The van der Waals surface area contributed by atoms with E-state index >= 15 is 0 Å². The average Bonchev–Trinajstić information content (AvgIpc) is 2.42. The zero-order valence-electron chi connectivity index (χ0n) is 11.6. The molecule has 1 aliphatic rings. The van der Waals surface area contributed by atoms with Crippen molar-refractivity contribution in [2.75, 3.05) is 19.6 Å². The van der Waals surface area contributed by atoms with Crippen molar-refractivity contribution in [2.45, 2.75) is 45.2 Å². The van der Waals surface area contributed by atoms with Crippen LogP contribution in [-0.2, 0) is 6.54 Å². The van der Waals surface area contributed by atoms with Gasteiger partial charge in [-0.2, -0.15) is 0 Å². The molecule has 18 heavy (non-hydrogen) atoms. The quantitative estimate of drug-likeness (QED) is 0.776. The van der Waals surface area contributed by atoms with E-state index in [2.05, 4.69) is 47.5 Å². The van der Waals surface area contributed by atoms with E-state index in [1.54, 1.807) is 0 Å². The summed E-state index contributed by atoms with van der Waals surface area (Å²) in [5.74, 6) is 0. The van der Waals surface area contributed by atoms with Crippen molar-refractivity contribution >= 4 is 0 Å². The van der Waals surface area contributed by atoms with Gasteiger partial charge in [0.15, 0.2) is 0 Å². The molecule has 1 N–H and O–H groups in total. The fraction of sp³-hybridized carbons (Fsp3) is 0.625. The highest BCUT2D eigenvalue weighted by Crippen LogP contribution is 2.16. The first-order chi connectivity index (χ1) is 8.86. The molecule has 1 aromatic rings. The van der Waals surface area contributed by atoms with E-state index in [0.717, 1.165) is 19.1 Å². The van der Waals surface area contributed by atoms with Gasteiger partial charge in [0.1, 0.15) is 0 Å². The lowest BCUT2D eigenvalue weighted by molar-refractivity contribution is 0.159. The molecular formula is C16H26N2. The normalized spacial score (nSPS) is 21.1. The van der Waals surface area contributed by atoms with E-state index < -0.39 is 0 Å². The highest BCUT2D eigenvalue weighted by molar-refractivity contribution is 5.14. The fourth-order valence-electron chi connectivity index (χ4n) is 2.73. The van der Waals surface area contributed by atoms with Crippen molar-refractivity contribution in [3.05, 3.63) is 35.9 Å². The van der Waals surface area contributed by atoms with E-state index in [9.17, 15) is 0 Å². The van der Waals surface area contributed by atoms with Crippen molar-refractivity contribution < 1.29 is 0 Å². The van der Waals surface area contributed by atoms with Crippen LogP contribution in [0.1, 0.15) is 38.2 Å². The third-order valence-corrected chi connectivity index (χ3v) is 3.91. The number of piperidine rings is 1. The lowest BCUT2D eigenvalue weighted by Gasteiger charge is -2.33. The van der Waals surface area contributed by atoms with Crippen LogP contribution in [0, 0.1) is 0 Å². The van der Waals surface area contributed by atoms with E-state index in [0.29, 0.717) is 0 Å². The summed E-state index contributed by atoms with van der Waals surface area (Å²) in [6.45, 7) is 7.05. The summed E-state index contributed by atoms with van der Waals surface area (Å²) in [5, 5.41) is 3.53. The van der Waals surface area contributed by atoms with E-state index in [1.807, 2.05) is 0 Å². The third kappa shape index (κ3) is 4.43. The Kier molecular flexibility index (Phi) is 5.69. The van der Waals surface area contributed by atoms with Crippen LogP contribution in [-0.4, -0.2) is 30.6 Å². The number of nitrogens with zero attached hydrogens (tertiary/aromatic N) is 1. The second-order valence-corrected chi connectivity index (χ2v) is 5.40. The van der Waals surface area contributed by atoms with Crippen molar-refractivity contribution in [3.63, 3.8) is 0 Å². The number of likely N-dealkylation sites (tertiary alicyclic amines) is 1. The summed E-state index contributed by atoms with van der Waals surface area (Å²) < 4.78 is 0. The van der Waals surface area contributed by atoms with E-state index in [4.69, 9.17) is 0 Å². The van der Waals surface area contributed by atoms with Gasteiger partial charge in [-0.15, -0.1) is 0 Å². The Labute approximate surface area is 111 Å². The Balaban J connectivity index is 1.56. The Morgan fingerprint density at radius 2 is 2.06 bits per heavy atom. The predicted molar refractivity (Wildman–Crippen MR) is 77.7 cm³/mol. The summed E-state index contributed by atoms with van der Waals surface area (Å²) in [7, 11) is 0. The zero-order valence-corrected chi connectivity index (χ0v) is 11.6. The molecule has 2 heteroatoms. The largest absolute Gasteiger partial charge is 0.313 e. The first-order valence-corrected chi connectivity index (χ1v) is 7.35. The van der Waals surface area contributed by atoms with Gasteiger partial charge in [-0.3, -0.25) is 0 Å². The highest BCUT2D eigenvalue weighted by atomic mass is 15.2. The molecule has 2 rings (SSSR count). The molecule has 1 aliphatic heterocycles. The van der Waals surface area contributed by atoms with Gasteiger partial charge in [0.2, 0.25) is 0 Å². The first-order valence-electron chi connectivity index (χ1n) is 7.35. The van der Waals surface area contributed by atoms with Gasteiger partial charge in [0, 0.05) is 12.6 Å². The Bertz CT molecular complexity index is 323.